The van der Waals surface area contributed by atoms with Gasteiger partial charge in [0.2, 0.25) is 5.91 Å². The number of aliphatic carboxylic acids is 1. The minimum atomic E-state index is -0.964. The van der Waals surface area contributed by atoms with Crippen LogP contribution in [0.3, 0.4) is 0 Å². The topological polar surface area (TPSA) is 66.8 Å². The van der Waals surface area contributed by atoms with E-state index in [9.17, 15) is 9.59 Å². The summed E-state index contributed by atoms with van der Waals surface area (Å²) in [6.07, 6.45) is 5.87. The van der Waals surface area contributed by atoms with E-state index in [-0.39, 0.29) is 19.1 Å². The summed E-state index contributed by atoms with van der Waals surface area (Å²) < 4.78 is 5.00. The van der Waals surface area contributed by atoms with Crippen molar-refractivity contribution in [3.05, 3.63) is 0 Å². The fraction of sp³-hybridized carbons (Fsp3) is 0.833. The number of nitrogens with zero attached hydrogens (tertiary/aromatic N) is 1. The number of hydrogen-bond acceptors (Lipinski definition) is 3. The van der Waals surface area contributed by atoms with E-state index >= 15 is 0 Å². The average Bonchev–Trinajstić information content (AvgIpc) is 2.33. The molecule has 1 unspecified atom stereocenters. The van der Waals surface area contributed by atoms with Crippen molar-refractivity contribution in [2.75, 3.05) is 19.8 Å². The van der Waals surface area contributed by atoms with Gasteiger partial charge in [0.15, 0.2) is 6.04 Å². The first-order valence-electron chi connectivity index (χ1n) is 6.28. The number of carboxylic acid groups (broad SMARTS) is 1. The maximum Gasteiger partial charge on any atom is 0.328 e. The second-order valence-corrected chi connectivity index (χ2v) is 4.92. The van der Waals surface area contributed by atoms with E-state index in [2.05, 4.69) is 0 Å². The molecule has 1 saturated heterocycles. The summed E-state index contributed by atoms with van der Waals surface area (Å²) in [4.78, 5) is 24.3. The second kappa shape index (κ2) is 5.49. The molecule has 5 nitrogen and oxygen atoms in total. The number of rotatable bonds is 3. The molecule has 1 heterocycles. The van der Waals surface area contributed by atoms with Crippen molar-refractivity contribution in [2.45, 2.75) is 38.1 Å². The summed E-state index contributed by atoms with van der Waals surface area (Å²) in [5, 5.41) is 9.08. The van der Waals surface area contributed by atoms with Crippen LogP contribution >= 0.6 is 0 Å². The van der Waals surface area contributed by atoms with Crippen LogP contribution in [-0.2, 0) is 14.3 Å². The van der Waals surface area contributed by atoms with Gasteiger partial charge in [0.1, 0.15) is 6.61 Å². The van der Waals surface area contributed by atoms with Crippen molar-refractivity contribution in [1.82, 2.24) is 4.90 Å². The Kier molecular flexibility index (Phi) is 3.99. The SMILES string of the molecule is O=C(O)C1COCC(=O)N1CC1CCCCC1. The summed E-state index contributed by atoms with van der Waals surface area (Å²) >= 11 is 0. The van der Waals surface area contributed by atoms with Crippen molar-refractivity contribution >= 4 is 11.9 Å². The Labute approximate surface area is 101 Å². The Hall–Kier alpha value is -1.10. The molecular weight excluding hydrogens is 222 g/mol. The number of carbonyl (C=O) groups is 2. The Bertz CT molecular complexity index is 299. The number of amides is 1. The van der Waals surface area contributed by atoms with Crippen molar-refractivity contribution in [1.29, 1.82) is 0 Å². The first kappa shape index (κ1) is 12.4. The Balaban J connectivity index is 1.98. The van der Waals surface area contributed by atoms with Gasteiger partial charge < -0.3 is 14.7 Å². The van der Waals surface area contributed by atoms with E-state index in [0.29, 0.717) is 12.5 Å². The van der Waals surface area contributed by atoms with Crippen LogP contribution in [0.5, 0.6) is 0 Å². The summed E-state index contributed by atoms with van der Waals surface area (Å²) in [7, 11) is 0. The molecule has 2 fully saturated rings. The third-order valence-electron chi connectivity index (χ3n) is 3.66. The monoisotopic (exact) mass is 241 g/mol. The molecule has 0 aromatic carbocycles. The van der Waals surface area contributed by atoms with Gasteiger partial charge in [-0.25, -0.2) is 4.79 Å². The number of ether oxygens (including phenoxy) is 1. The number of morpholine rings is 1. The second-order valence-electron chi connectivity index (χ2n) is 4.92. The van der Waals surface area contributed by atoms with Gasteiger partial charge in [-0.1, -0.05) is 19.3 Å². The van der Waals surface area contributed by atoms with Gasteiger partial charge in [0, 0.05) is 6.54 Å². The number of carboxylic acids is 1. The van der Waals surface area contributed by atoms with E-state index in [4.69, 9.17) is 9.84 Å². The Morgan fingerprint density at radius 2 is 2.06 bits per heavy atom. The lowest BCUT2D eigenvalue weighted by Crippen LogP contribution is -2.54. The molecule has 1 aliphatic carbocycles. The highest BCUT2D eigenvalue weighted by atomic mass is 16.5. The van der Waals surface area contributed by atoms with Crippen LogP contribution in [0.4, 0.5) is 0 Å². The molecular formula is C12H19NO4. The third kappa shape index (κ3) is 2.97. The van der Waals surface area contributed by atoms with Gasteiger partial charge in [-0.3, -0.25) is 4.79 Å². The van der Waals surface area contributed by atoms with Crippen molar-refractivity contribution in [3.63, 3.8) is 0 Å². The standard InChI is InChI=1S/C12H19NO4/c14-11-8-17-7-10(12(15)16)13(11)6-9-4-2-1-3-5-9/h9-10H,1-8H2,(H,15,16). The van der Waals surface area contributed by atoms with Gasteiger partial charge in [0.25, 0.3) is 0 Å². The van der Waals surface area contributed by atoms with E-state index in [1.54, 1.807) is 0 Å². The van der Waals surface area contributed by atoms with E-state index in [1.165, 1.54) is 24.2 Å². The summed E-state index contributed by atoms with van der Waals surface area (Å²) in [5.41, 5.74) is 0. The smallest absolute Gasteiger partial charge is 0.328 e. The lowest BCUT2D eigenvalue weighted by Gasteiger charge is -2.36. The van der Waals surface area contributed by atoms with Crippen LogP contribution in [0.1, 0.15) is 32.1 Å². The highest BCUT2D eigenvalue weighted by Crippen LogP contribution is 2.25. The summed E-state index contributed by atoms with van der Waals surface area (Å²) in [5.74, 6) is -0.685. The van der Waals surface area contributed by atoms with Crippen LogP contribution < -0.4 is 0 Å². The zero-order chi connectivity index (χ0) is 12.3. The average molecular weight is 241 g/mol. The summed E-state index contributed by atoms with van der Waals surface area (Å²) in [6, 6.07) is -0.793. The molecule has 1 aliphatic heterocycles. The fourth-order valence-corrected chi connectivity index (χ4v) is 2.69. The van der Waals surface area contributed by atoms with Crippen LogP contribution in [-0.4, -0.2) is 47.7 Å². The van der Waals surface area contributed by atoms with Gasteiger partial charge in [-0.2, -0.15) is 0 Å². The molecule has 1 atom stereocenters. The highest BCUT2D eigenvalue weighted by molar-refractivity contribution is 5.85. The maximum absolute atomic E-state index is 11.7. The quantitative estimate of drug-likeness (QED) is 0.796. The van der Waals surface area contributed by atoms with E-state index in [0.717, 1.165) is 12.8 Å². The molecule has 0 aromatic rings. The lowest BCUT2D eigenvalue weighted by atomic mass is 9.88. The molecule has 1 amide bonds. The van der Waals surface area contributed by atoms with Gasteiger partial charge in [-0.15, -0.1) is 0 Å². The molecule has 0 spiro atoms. The molecule has 0 radical (unpaired) electrons. The van der Waals surface area contributed by atoms with Crippen molar-refractivity contribution in [3.8, 4) is 0 Å². The van der Waals surface area contributed by atoms with Gasteiger partial charge in [-0.05, 0) is 18.8 Å². The minimum Gasteiger partial charge on any atom is -0.480 e. The highest BCUT2D eigenvalue weighted by Gasteiger charge is 2.35. The van der Waals surface area contributed by atoms with Crippen LogP contribution in [0.15, 0.2) is 0 Å². The van der Waals surface area contributed by atoms with Crippen molar-refractivity contribution in [2.24, 2.45) is 5.92 Å². The third-order valence-corrected chi connectivity index (χ3v) is 3.66. The lowest BCUT2D eigenvalue weighted by molar-refractivity contribution is -0.163. The molecule has 0 aromatic heterocycles. The van der Waals surface area contributed by atoms with Crippen LogP contribution in [0.2, 0.25) is 0 Å². The Morgan fingerprint density at radius 1 is 1.35 bits per heavy atom. The molecule has 5 heteroatoms. The molecule has 2 aliphatic rings. The summed E-state index contributed by atoms with van der Waals surface area (Å²) in [6.45, 7) is 0.726. The maximum atomic E-state index is 11.7. The molecule has 17 heavy (non-hydrogen) atoms. The minimum absolute atomic E-state index is 0.0243. The fourth-order valence-electron chi connectivity index (χ4n) is 2.69. The van der Waals surface area contributed by atoms with Crippen molar-refractivity contribution < 1.29 is 19.4 Å². The zero-order valence-electron chi connectivity index (χ0n) is 9.93. The van der Waals surface area contributed by atoms with Crippen LogP contribution in [0.25, 0.3) is 0 Å². The molecule has 2 rings (SSSR count). The molecule has 1 saturated carbocycles. The predicted octanol–water partition coefficient (Wildman–Crippen LogP) is 0.879. The zero-order valence-corrected chi connectivity index (χ0v) is 9.93. The largest absolute Gasteiger partial charge is 0.480 e. The van der Waals surface area contributed by atoms with Crippen LogP contribution in [0, 0.1) is 5.92 Å². The number of hydrogen-bond donors (Lipinski definition) is 1. The van der Waals surface area contributed by atoms with Gasteiger partial charge in [0.05, 0.1) is 6.61 Å². The normalized spacial score (nSPS) is 27.2. The molecule has 96 valence electrons. The first-order valence-corrected chi connectivity index (χ1v) is 6.28. The number of carbonyl (C=O) groups excluding carboxylic acids is 1. The molecule has 1 N–H and O–H groups in total. The predicted molar refractivity (Wildman–Crippen MR) is 60.5 cm³/mol. The van der Waals surface area contributed by atoms with Gasteiger partial charge >= 0.3 is 5.97 Å². The molecule has 0 bridgehead atoms. The van der Waals surface area contributed by atoms with E-state index < -0.39 is 12.0 Å². The van der Waals surface area contributed by atoms with E-state index in [1.807, 2.05) is 0 Å². The Morgan fingerprint density at radius 3 is 2.71 bits per heavy atom. The first-order chi connectivity index (χ1) is 8.18.